The van der Waals surface area contributed by atoms with Crippen LogP contribution >= 0.6 is 0 Å². The highest BCUT2D eigenvalue weighted by atomic mass is 28.4. The monoisotopic (exact) mass is 247 g/mol. The first-order chi connectivity index (χ1) is 7.61. The van der Waals surface area contributed by atoms with Crippen LogP contribution in [0.25, 0.3) is 0 Å². The standard InChI is InChI=1S/C12H29NO2Si/c1-6-8-10-13(11-9-7-2)12-16(5,14-3)15-4/h6-12H2,1-5H3. The normalized spacial score (nSPS) is 12.4. The molecule has 0 spiro atoms. The summed E-state index contributed by atoms with van der Waals surface area (Å²) in [4.78, 5) is 2.51. The Morgan fingerprint density at radius 1 is 0.938 bits per heavy atom. The molecule has 16 heavy (non-hydrogen) atoms. The molecular formula is C12H29NO2Si. The van der Waals surface area contributed by atoms with Crippen molar-refractivity contribution in [1.29, 1.82) is 0 Å². The Bertz CT molecular complexity index is 155. The van der Waals surface area contributed by atoms with E-state index in [1.807, 2.05) is 0 Å². The summed E-state index contributed by atoms with van der Waals surface area (Å²) < 4.78 is 11.1. The molecule has 3 nitrogen and oxygen atoms in total. The fourth-order valence-corrected chi connectivity index (χ4v) is 3.21. The van der Waals surface area contributed by atoms with E-state index in [4.69, 9.17) is 8.85 Å². The molecule has 0 bridgehead atoms. The molecule has 0 amide bonds. The van der Waals surface area contributed by atoms with Crippen molar-refractivity contribution in [3.63, 3.8) is 0 Å². The molecule has 0 saturated heterocycles. The van der Waals surface area contributed by atoms with Crippen LogP contribution in [0.3, 0.4) is 0 Å². The lowest BCUT2D eigenvalue weighted by atomic mass is 10.3. The Kier molecular flexibility index (Phi) is 9.22. The van der Waals surface area contributed by atoms with Crippen LogP contribution < -0.4 is 0 Å². The van der Waals surface area contributed by atoms with Gasteiger partial charge in [-0.25, -0.2) is 0 Å². The van der Waals surface area contributed by atoms with Crippen LogP contribution in [-0.2, 0) is 8.85 Å². The quantitative estimate of drug-likeness (QED) is 0.554. The second-order valence-electron chi connectivity index (χ2n) is 4.53. The fraction of sp³-hybridized carbons (Fsp3) is 1.00. The van der Waals surface area contributed by atoms with Crippen molar-refractivity contribution in [3.05, 3.63) is 0 Å². The van der Waals surface area contributed by atoms with Gasteiger partial charge in [0, 0.05) is 20.4 Å². The highest BCUT2D eigenvalue weighted by Gasteiger charge is 2.31. The van der Waals surface area contributed by atoms with Crippen molar-refractivity contribution in [3.8, 4) is 0 Å². The van der Waals surface area contributed by atoms with Crippen molar-refractivity contribution in [1.82, 2.24) is 4.90 Å². The molecule has 0 rings (SSSR count). The number of unbranched alkanes of at least 4 members (excludes halogenated alkanes) is 2. The summed E-state index contributed by atoms with van der Waals surface area (Å²) in [5.41, 5.74) is 0. The van der Waals surface area contributed by atoms with Gasteiger partial charge in [0.25, 0.3) is 0 Å². The van der Waals surface area contributed by atoms with Gasteiger partial charge in [-0.1, -0.05) is 26.7 Å². The first-order valence-electron chi connectivity index (χ1n) is 6.44. The molecule has 0 aliphatic heterocycles. The van der Waals surface area contributed by atoms with Gasteiger partial charge in [-0.05, 0) is 32.5 Å². The van der Waals surface area contributed by atoms with E-state index in [1.54, 1.807) is 14.2 Å². The molecule has 4 heteroatoms. The van der Waals surface area contributed by atoms with Crippen LogP contribution in [-0.4, -0.2) is 46.9 Å². The molecule has 0 radical (unpaired) electrons. The van der Waals surface area contributed by atoms with Crippen molar-refractivity contribution in [2.24, 2.45) is 0 Å². The summed E-state index contributed by atoms with van der Waals surface area (Å²) in [7, 11) is 1.61. The predicted molar refractivity (Wildman–Crippen MR) is 71.9 cm³/mol. The molecule has 0 heterocycles. The Balaban J connectivity index is 4.15. The van der Waals surface area contributed by atoms with Crippen molar-refractivity contribution in [2.45, 2.75) is 46.1 Å². The number of nitrogens with zero attached hydrogens (tertiary/aromatic N) is 1. The molecule has 0 N–H and O–H groups in total. The van der Waals surface area contributed by atoms with Gasteiger partial charge < -0.3 is 13.8 Å². The van der Waals surface area contributed by atoms with Crippen LogP contribution in [0.5, 0.6) is 0 Å². The van der Waals surface area contributed by atoms with Gasteiger partial charge in [-0.3, -0.25) is 0 Å². The molecular weight excluding hydrogens is 218 g/mol. The van der Waals surface area contributed by atoms with Crippen LogP contribution in [0.4, 0.5) is 0 Å². The lowest BCUT2D eigenvalue weighted by molar-refractivity contribution is 0.205. The van der Waals surface area contributed by atoms with E-state index in [9.17, 15) is 0 Å². The number of hydrogen-bond donors (Lipinski definition) is 0. The van der Waals surface area contributed by atoms with Crippen LogP contribution in [0.2, 0.25) is 6.55 Å². The fourth-order valence-electron chi connectivity index (χ4n) is 1.65. The average molecular weight is 247 g/mol. The second-order valence-corrected chi connectivity index (χ2v) is 7.93. The molecule has 0 unspecified atom stereocenters. The van der Waals surface area contributed by atoms with Crippen molar-refractivity contribution >= 4 is 8.56 Å². The van der Waals surface area contributed by atoms with Crippen molar-refractivity contribution < 1.29 is 8.85 Å². The molecule has 0 saturated carbocycles. The lowest BCUT2D eigenvalue weighted by Crippen LogP contribution is -2.49. The van der Waals surface area contributed by atoms with E-state index in [2.05, 4.69) is 25.3 Å². The van der Waals surface area contributed by atoms with Gasteiger partial charge in [0.05, 0.1) is 0 Å². The molecule has 0 aromatic heterocycles. The number of hydrogen-bond acceptors (Lipinski definition) is 3. The maximum atomic E-state index is 5.55. The molecule has 0 aromatic carbocycles. The smallest absolute Gasteiger partial charge is 0.348 e. The van der Waals surface area contributed by atoms with Crippen molar-refractivity contribution in [2.75, 3.05) is 33.5 Å². The zero-order valence-electron chi connectivity index (χ0n) is 11.7. The Morgan fingerprint density at radius 2 is 1.38 bits per heavy atom. The van der Waals surface area contributed by atoms with Gasteiger partial charge in [0.15, 0.2) is 0 Å². The van der Waals surface area contributed by atoms with E-state index in [-0.39, 0.29) is 0 Å². The average Bonchev–Trinajstić information content (AvgIpc) is 2.32. The third-order valence-corrected chi connectivity index (χ3v) is 5.78. The highest BCUT2D eigenvalue weighted by molar-refractivity contribution is 6.66. The first-order valence-corrected chi connectivity index (χ1v) is 8.96. The maximum absolute atomic E-state index is 5.55. The summed E-state index contributed by atoms with van der Waals surface area (Å²) in [6.45, 7) is 8.96. The topological polar surface area (TPSA) is 21.7 Å². The Labute approximate surface area is 102 Å². The largest absolute Gasteiger partial charge is 0.397 e. The molecule has 0 aromatic rings. The molecule has 0 aliphatic rings. The predicted octanol–water partition coefficient (Wildman–Crippen LogP) is 2.79. The van der Waals surface area contributed by atoms with E-state index >= 15 is 0 Å². The SMILES string of the molecule is CCCCN(CCCC)C[Si](C)(OC)OC. The molecule has 98 valence electrons. The summed E-state index contributed by atoms with van der Waals surface area (Å²) >= 11 is 0. The third-order valence-electron chi connectivity index (χ3n) is 3.03. The summed E-state index contributed by atoms with van der Waals surface area (Å²) in [6.07, 6.45) is 6.02. The summed E-state index contributed by atoms with van der Waals surface area (Å²) in [5, 5.41) is 0. The van der Waals surface area contributed by atoms with Crippen LogP contribution in [0.15, 0.2) is 0 Å². The molecule has 0 aliphatic carbocycles. The lowest BCUT2D eigenvalue weighted by Gasteiger charge is -2.30. The maximum Gasteiger partial charge on any atom is 0.348 e. The summed E-state index contributed by atoms with van der Waals surface area (Å²) in [5.74, 6) is 0. The first kappa shape index (κ1) is 16.1. The second kappa shape index (κ2) is 9.16. The highest BCUT2D eigenvalue weighted by Crippen LogP contribution is 2.09. The Morgan fingerprint density at radius 3 is 1.69 bits per heavy atom. The van der Waals surface area contributed by atoms with E-state index in [1.165, 1.54) is 38.8 Å². The summed E-state index contributed by atoms with van der Waals surface area (Å²) in [6, 6.07) is 0. The zero-order chi connectivity index (χ0) is 12.4. The van der Waals surface area contributed by atoms with Gasteiger partial charge in [0.1, 0.15) is 0 Å². The van der Waals surface area contributed by atoms with E-state index in [0.29, 0.717) is 0 Å². The molecule has 0 fully saturated rings. The van der Waals surface area contributed by atoms with Gasteiger partial charge >= 0.3 is 8.56 Å². The van der Waals surface area contributed by atoms with Crippen LogP contribution in [0.1, 0.15) is 39.5 Å². The van der Waals surface area contributed by atoms with Gasteiger partial charge in [0.2, 0.25) is 0 Å². The number of rotatable bonds is 10. The third kappa shape index (κ3) is 6.63. The minimum absolute atomic E-state index is 0.986. The van der Waals surface area contributed by atoms with E-state index in [0.717, 1.165) is 6.17 Å². The minimum Gasteiger partial charge on any atom is -0.397 e. The van der Waals surface area contributed by atoms with Crippen LogP contribution in [0, 0.1) is 0 Å². The van der Waals surface area contributed by atoms with Gasteiger partial charge in [-0.2, -0.15) is 0 Å². The minimum atomic E-state index is -1.93. The van der Waals surface area contributed by atoms with E-state index < -0.39 is 8.56 Å². The molecule has 0 atom stereocenters. The zero-order valence-corrected chi connectivity index (χ0v) is 12.7. The van der Waals surface area contributed by atoms with Gasteiger partial charge in [-0.15, -0.1) is 0 Å². The Hall–Kier alpha value is 0.0969.